The van der Waals surface area contributed by atoms with E-state index < -0.39 is 0 Å². The number of hydrogen-bond acceptors (Lipinski definition) is 2. The van der Waals surface area contributed by atoms with Crippen molar-refractivity contribution in [2.45, 2.75) is 90.1 Å². The van der Waals surface area contributed by atoms with E-state index in [1.54, 1.807) is 0 Å². The van der Waals surface area contributed by atoms with E-state index in [-0.39, 0.29) is 0 Å². The fourth-order valence-corrected chi connectivity index (χ4v) is 4.06. The first kappa shape index (κ1) is 16.3. The summed E-state index contributed by atoms with van der Waals surface area (Å²) in [6.45, 7) is 8.60. The lowest BCUT2D eigenvalue weighted by molar-refractivity contribution is 0.169. The molecule has 1 aliphatic carbocycles. The third kappa shape index (κ3) is 5.04. The standard InChI is InChI=1S/C18H36N2/c1-3-4-5-9-14-20-15-18(19-13-12-16(20)2)17-10-7-6-8-11-17/h16-19H,3-15H2,1-2H3. The van der Waals surface area contributed by atoms with E-state index in [0.717, 1.165) is 18.0 Å². The van der Waals surface area contributed by atoms with Crippen molar-refractivity contribution < 1.29 is 0 Å². The number of rotatable bonds is 6. The van der Waals surface area contributed by atoms with Crippen molar-refractivity contribution in [2.75, 3.05) is 19.6 Å². The van der Waals surface area contributed by atoms with E-state index >= 15 is 0 Å². The molecule has 0 aromatic rings. The topological polar surface area (TPSA) is 15.3 Å². The van der Waals surface area contributed by atoms with Crippen LogP contribution in [0.5, 0.6) is 0 Å². The van der Waals surface area contributed by atoms with E-state index in [9.17, 15) is 0 Å². The van der Waals surface area contributed by atoms with Gasteiger partial charge in [0.25, 0.3) is 0 Å². The van der Waals surface area contributed by atoms with Gasteiger partial charge in [0.15, 0.2) is 0 Å². The minimum absolute atomic E-state index is 0.770. The number of hydrogen-bond donors (Lipinski definition) is 1. The SMILES string of the molecule is CCCCCCN1CC(C2CCCCC2)NCCC1C. The predicted molar refractivity (Wildman–Crippen MR) is 88.2 cm³/mol. The van der Waals surface area contributed by atoms with Crippen LogP contribution in [0.25, 0.3) is 0 Å². The molecule has 20 heavy (non-hydrogen) atoms. The van der Waals surface area contributed by atoms with Crippen molar-refractivity contribution in [3.63, 3.8) is 0 Å². The van der Waals surface area contributed by atoms with Gasteiger partial charge in [-0.15, -0.1) is 0 Å². The van der Waals surface area contributed by atoms with E-state index in [0.29, 0.717) is 0 Å². The van der Waals surface area contributed by atoms with Gasteiger partial charge in [0.2, 0.25) is 0 Å². The van der Waals surface area contributed by atoms with Gasteiger partial charge in [0, 0.05) is 18.6 Å². The molecule has 118 valence electrons. The van der Waals surface area contributed by atoms with Gasteiger partial charge in [-0.2, -0.15) is 0 Å². The Kier molecular flexibility index (Phi) is 7.37. The van der Waals surface area contributed by atoms with Crippen LogP contribution in [0.1, 0.15) is 78.1 Å². The Labute approximate surface area is 126 Å². The Bertz CT molecular complexity index is 248. The van der Waals surface area contributed by atoms with Crippen molar-refractivity contribution in [3.05, 3.63) is 0 Å². The average Bonchev–Trinajstić information content (AvgIpc) is 2.67. The smallest absolute Gasteiger partial charge is 0.0223 e. The van der Waals surface area contributed by atoms with E-state index in [4.69, 9.17) is 0 Å². The predicted octanol–water partition coefficient (Wildman–Crippen LogP) is 4.20. The van der Waals surface area contributed by atoms with Crippen molar-refractivity contribution in [1.82, 2.24) is 10.2 Å². The summed E-state index contributed by atoms with van der Waals surface area (Å²) in [7, 11) is 0. The molecule has 2 aliphatic rings. The normalized spacial score (nSPS) is 30.3. The van der Waals surface area contributed by atoms with Crippen LogP contribution in [-0.2, 0) is 0 Å². The third-order valence-electron chi connectivity index (χ3n) is 5.54. The molecule has 0 aromatic carbocycles. The van der Waals surface area contributed by atoms with Gasteiger partial charge in [-0.1, -0.05) is 45.4 Å². The first-order valence-electron chi connectivity index (χ1n) is 9.28. The summed E-state index contributed by atoms with van der Waals surface area (Å²) in [6, 6.07) is 1.55. The Balaban J connectivity index is 1.81. The highest BCUT2D eigenvalue weighted by molar-refractivity contribution is 4.86. The van der Waals surface area contributed by atoms with E-state index in [2.05, 4.69) is 24.1 Å². The number of nitrogens with one attached hydrogen (secondary N) is 1. The summed E-state index contributed by atoms with van der Waals surface area (Å²) < 4.78 is 0. The monoisotopic (exact) mass is 280 g/mol. The fourth-order valence-electron chi connectivity index (χ4n) is 4.06. The molecule has 0 aromatic heterocycles. The van der Waals surface area contributed by atoms with Gasteiger partial charge in [0.05, 0.1) is 0 Å². The van der Waals surface area contributed by atoms with Crippen LogP contribution in [0.15, 0.2) is 0 Å². The highest BCUT2D eigenvalue weighted by atomic mass is 15.2. The summed E-state index contributed by atoms with van der Waals surface area (Å²) >= 11 is 0. The molecule has 1 N–H and O–H groups in total. The third-order valence-corrected chi connectivity index (χ3v) is 5.54. The molecule has 1 saturated carbocycles. The zero-order chi connectivity index (χ0) is 14.2. The lowest BCUT2D eigenvalue weighted by Crippen LogP contribution is -2.45. The summed E-state index contributed by atoms with van der Waals surface area (Å²) in [5.41, 5.74) is 0. The van der Waals surface area contributed by atoms with Crippen molar-refractivity contribution >= 4 is 0 Å². The summed E-state index contributed by atoms with van der Waals surface area (Å²) in [5.74, 6) is 0.951. The molecule has 2 nitrogen and oxygen atoms in total. The summed E-state index contributed by atoms with van der Waals surface area (Å²) in [4.78, 5) is 2.79. The van der Waals surface area contributed by atoms with Gasteiger partial charge in [-0.3, -0.25) is 4.90 Å². The Morgan fingerprint density at radius 1 is 1.00 bits per heavy atom. The molecular weight excluding hydrogens is 244 g/mol. The molecule has 0 amide bonds. The zero-order valence-electron chi connectivity index (χ0n) is 13.9. The first-order chi connectivity index (χ1) is 9.81. The Hall–Kier alpha value is -0.0800. The largest absolute Gasteiger partial charge is 0.312 e. The molecule has 0 spiro atoms. The highest BCUT2D eigenvalue weighted by Gasteiger charge is 2.28. The molecule has 1 aliphatic heterocycles. The van der Waals surface area contributed by atoms with Crippen molar-refractivity contribution in [1.29, 1.82) is 0 Å². The maximum absolute atomic E-state index is 3.87. The van der Waals surface area contributed by atoms with Crippen molar-refractivity contribution in [2.24, 2.45) is 5.92 Å². The van der Waals surface area contributed by atoms with Crippen molar-refractivity contribution in [3.8, 4) is 0 Å². The molecule has 0 bridgehead atoms. The molecule has 0 radical (unpaired) electrons. The number of nitrogens with zero attached hydrogens (tertiary/aromatic N) is 1. The fraction of sp³-hybridized carbons (Fsp3) is 1.00. The van der Waals surface area contributed by atoms with Gasteiger partial charge >= 0.3 is 0 Å². The van der Waals surface area contributed by atoms with Crippen LogP contribution in [0.2, 0.25) is 0 Å². The molecule has 2 fully saturated rings. The Morgan fingerprint density at radius 2 is 1.80 bits per heavy atom. The van der Waals surface area contributed by atoms with Gasteiger partial charge in [0.1, 0.15) is 0 Å². The van der Waals surface area contributed by atoms with Crippen LogP contribution in [0.3, 0.4) is 0 Å². The van der Waals surface area contributed by atoms with E-state index in [1.165, 1.54) is 83.8 Å². The van der Waals surface area contributed by atoms with Crippen LogP contribution in [0.4, 0.5) is 0 Å². The molecule has 1 saturated heterocycles. The first-order valence-corrected chi connectivity index (χ1v) is 9.28. The Morgan fingerprint density at radius 3 is 2.55 bits per heavy atom. The quantitative estimate of drug-likeness (QED) is 0.734. The highest BCUT2D eigenvalue weighted by Crippen LogP contribution is 2.28. The van der Waals surface area contributed by atoms with E-state index in [1.807, 2.05) is 0 Å². The van der Waals surface area contributed by atoms with Gasteiger partial charge in [-0.05, 0) is 51.6 Å². The summed E-state index contributed by atoms with van der Waals surface area (Å²) in [6.07, 6.45) is 14.2. The molecule has 1 heterocycles. The lowest BCUT2D eigenvalue weighted by Gasteiger charge is -2.34. The van der Waals surface area contributed by atoms with Crippen LogP contribution in [0, 0.1) is 5.92 Å². The van der Waals surface area contributed by atoms with Crippen LogP contribution < -0.4 is 5.32 Å². The second kappa shape index (κ2) is 9.04. The second-order valence-corrected chi connectivity index (χ2v) is 7.15. The minimum Gasteiger partial charge on any atom is -0.312 e. The van der Waals surface area contributed by atoms with Gasteiger partial charge in [-0.25, -0.2) is 0 Å². The maximum atomic E-state index is 3.87. The molecule has 2 unspecified atom stereocenters. The van der Waals surface area contributed by atoms with Crippen LogP contribution >= 0.6 is 0 Å². The lowest BCUT2D eigenvalue weighted by atomic mass is 9.83. The molecule has 2 rings (SSSR count). The molecule has 2 heteroatoms. The van der Waals surface area contributed by atoms with Crippen LogP contribution in [-0.4, -0.2) is 36.6 Å². The molecular formula is C18H36N2. The minimum atomic E-state index is 0.770. The maximum Gasteiger partial charge on any atom is 0.0223 e. The number of unbranched alkanes of at least 4 members (excludes halogenated alkanes) is 3. The average molecular weight is 280 g/mol. The second-order valence-electron chi connectivity index (χ2n) is 7.15. The summed E-state index contributed by atoms with van der Waals surface area (Å²) in [5, 5.41) is 3.87. The van der Waals surface area contributed by atoms with Gasteiger partial charge < -0.3 is 5.32 Å². The zero-order valence-corrected chi connectivity index (χ0v) is 13.9. The molecule has 2 atom stereocenters.